The second kappa shape index (κ2) is 7.46. The van der Waals surface area contributed by atoms with Gasteiger partial charge in [0.05, 0.1) is 12.1 Å². The van der Waals surface area contributed by atoms with Gasteiger partial charge in [-0.2, -0.15) is 18.3 Å². The molecule has 0 saturated heterocycles. The lowest BCUT2D eigenvalue weighted by Crippen LogP contribution is -2.31. The van der Waals surface area contributed by atoms with Gasteiger partial charge in [-0.15, -0.1) is 0 Å². The van der Waals surface area contributed by atoms with Gasteiger partial charge >= 0.3 is 6.18 Å². The fourth-order valence-electron chi connectivity index (χ4n) is 2.31. The smallest absolute Gasteiger partial charge is 0.348 e. The molecule has 0 spiro atoms. The summed E-state index contributed by atoms with van der Waals surface area (Å²) in [6, 6.07) is 4.91. The summed E-state index contributed by atoms with van der Waals surface area (Å²) in [5, 5.41) is 6.83. The number of benzene rings is 1. The highest BCUT2D eigenvalue weighted by molar-refractivity contribution is 5.78. The average Bonchev–Trinajstić information content (AvgIpc) is 2.95. The first-order valence-electron chi connectivity index (χ1n) is 7.58. The van der Waals surface area contributed by atoms with E-state index in [1.807, 2.05) is 6.92 Å². The topological polar surface area (TPSA) is 59.8 Å². The Morgan fingerprint density at radius 1 is 1.29 bits per heavy atom. The van der Waals surface area contributed by atoms with Gasteiger partial charge < -0.3 is 5.32 Å². The first kappa shape index (κ1) is 18.0. The highest BCUT2D eigenvalue weighted by atomic mass is 19.4. The van der Waals surface area contributed by atoms with Crippen molar-refractivity contribution in [3.63, 3.8) is 0 Å². The lowest BCUT2D eigenvalue weighted by atomic mass is 9.95. The molecule has 1 atom stereocenters. The molecule has 1 aromatic heterocycles. The number of nitrogens with one attached hydrogen (secondary N) is 1. The molecule has 0 fully saturated rings. The summed E-state index contributed by atoms with van der Waals surface area (Å²) < 4.78 is 39.2. The summed E-state index contributed by atoms with van der Waals surface area (Å²) in [5.74, 6) is 0.0329. The van der Waals surface area contributed by atoms with Crippen molar-refractivity contribution in [1.29, 1.82) is 0 Å². The van der Waals surface area contributed by atoms with Crippen LogP contribution in [0.1, 0.15) is 30.3 Å². The van der Waals surface area contributed by atoms with Crippen molar-refractivity contribution in [2.75, 3.05) is 0 Å². The van der Waals surface area contributed by atoms with Crippen LogP contribution in [0.15, 0.2) is 30.6 Å². The maximum atomic E-state index is 12.6. The maximum Gasteiger partial charge on any atom is 0.416 e. The highest BCUT2D eigenvalue weighted by Gasteiger charge is 2.30. The molecule has 0 radical (unpaired) electrons. The van der Waals surface area contributed by atoms with E-state index in [2.05, 4.69) is 15.4 Å². The molecule has 1 heterocycles. The minimum atomic E-state index is -4.35. The van der Waals surface area contributed by atoms with E-state index in [9.17, 15) is 18.0 Å². The Morgan fingerprint density at radius 2 is 1.96 bits per heavy atom. The Balaban J connectivity index is 1.94. The van der Waals surface area contributed by atoms with Crippen molar-refractivity contribution in [1.82, 2.24) is 20.1 Å². The average molecular weight is 340 g/mol. The number of rotatable bonds is 6. The van der Waals surface area contributed by atoms with Crippen LogP contribution in [0.3, 0.4) is 0 Å². The van der Waals surface area contributed by atoms with E-state index in [1.54, 1.807) is 18.1 Å². The first-order chi connectivity index (χ1) is 11.3. The zero-order valence-electron chi connectivity index (χ0n) is 13.5. The summed E-state index contributed by atoms with van der Waals surface area (Å²) in [7, 11) is 1.73. The predicted octanol–water partition coefficient (Wildman–Crippen LogP) is 2.72. The van der Waals surface area contributed by atoms with Crippen LogP contribution >= 0.6 is 0 Å². The standard InChI is InChI=1S/C16H19F3N4O/c1-3-12(15(24)20-9-14-21-10-23(2)22-14)8-11-4-6-13(7-5-11)16(17,18)19/h4-7,10,12H,3,8-9H2,1-2H3,(H,20,24)/t12-/m0/s1. The Labute approximate surface area is 137 Å². The lowest BCUT2D eigenvalue weighted by molar-refractivity contribution is -0.137. The molecule has 0 bridgehead atoms. The Kier molecular flexibility index (Phi) is 5.58. The summed E-state index contributed by atoms with van der Waals surface area (Å²) in [5.41, 5.74) is 0.00550. The Morgan fingerprint density at radius 3 is 2.46 bits per heavy atom. The van der Waals surface area contributed by atoms with Gasteiger partial charge in [0, 0.05) is 13.0 Å². The van der Waals surface area contributed by atoms with Crippen LogP contribution < -0.4 is 5.32 Å². The maximum absolute atomic E-state index is 12.6. The second-order valence-electron chi connectivity index (χ2n) is 5.56. The van der Waals surface area contributed by atoms with Crippen LogP contribution in [-0.2, 0) is 31.0 Å². The van der Waals surface area contributed by atoms with Crippen LogP contribution in [0.5, 0.6) is 0 Å². The summed E-state index contributed by atoms with van der Waals surface area (Å²) in [6.45, 7) is 2.09. The molecule has 0 aliphatic heterocycles. The number of carbonyl (C=O) groups is 1. The van der Waals surface area contributed by atoms with Crippen molar-refractivity contribution in [3.8, 4) is 0 Å². The van der Waals surface area contributed by atoms with Crippen LogP contribution in [-0.4, -0.2) is 20.7 Å². The van der Waals surface area contributed by atoms with Gasteiger partial charge in [0.2, 0.25) is 5.91 Å². The Bertz CT molecular complexity index is 679. The molecular formula is C16H19F3N4O. The number of carbonyl (C=O) groups excluding carboxylic acids is 1. The molecule has 130 valence electrons. The molecule has 0 aliphatic rings. The number of amides is 1. The normalized spacial score (nSPS) is 12.9. The molecule has 8 heteroatoms. The summed E-state index contributed by atoms with van der Waals surface area (Å²) in [6.07, 6.45) is -1.84. The van der Waals surface area contributed by atoms with Crippen LogP contribution in [0.4, 0.5) is 13.2 Å². The number of alkyl halides is 3. The zero-order chi connectivity index (χ0) is 17.7. The van der Waals surface area contributed by atoms with Gasteiger partial charge in [-0.1, -0.05) is 19.1 Å². The third-order valence-corrected chi connectivity index (χ3v) is 3.69. The molecule has 5 nitrogen and oxygen atoms in total. The molecule has 2 aromatic rings. The minimum Gasteiger partial charge on any atom is -0.348 e. The molecule has 0 saturated carbocycles. The summed E-state index contributed by atoms with van der Waals surface area (Å²) in [4.78, 5) is 16.3. The van der Waals surface area contributed by atoms with E-state index in [0.717, 1.165) is 12.1 Å². The largest absolute Gasteiger partial charge is 0.416 e. The SMILES string of the molecule is CC[C@@H](Cc1ccc(C(F)(F)F)cc1)C(=O)NCc1ncn(C)n1. The van der Waals surface area contributed by atoms with Crippen molar-refractivity contribution in [3.05, 3.63) is 47.5 Å². The molecule has 1 N–H and O–H groups in total. The van der Waals surface area contributed by atoms with Crippen molar-refractivity contribution < 1.29 is 18.0 Å². The van der Waals surface area contributed by atoms with E-state index in [-0.39, 0.29) is 18.4 Å². The fourth-order valence-corrected chi connectivity index (χ4v) is 2.31. The number of hydrogen-bond donors (Lipinski definition) is 1. The molecule has 0 aliphatic carbocycles. The molecule has 2 rings (SSSR count). The molecule has 0 unspecified atom stereocenters. The minimum absolute atomic E-state index is 0.162. The molecule has 1 amide bonds. The van der Waals surface area contributed by atoms with E-state index < -0.39 is 11.7 Å². The van der Waals surface area contributed by atoms with Crippen LogP contribution in [0.2, 0.25) is 0 Å². The Hall–Kier alpha value is -2.38. The highest BCUT2D eigenvalue weighted by Crippen LogP contribution is 2.29. The van der Waals surface area contributed by atoms with Gasteiger partial charge in [0.15, 0.2) is 5.82 Å². The second-order valence-corrected chi connectivity index (χ2v) is 5.56. The van der Waals surface area contributed by atoms with Crippen LogP contribution in [0.25, 0.3) is 0 Å². The predicted molar refractivity (Wildman–Crippen MR) is 81.8 cm³/mol. The molecule has 24 heavy (non-hydrogen) atoms. The van der Waals surface area contributed by atoms with Crippen LogP contribution in [0, 0.1) is 5.92 Å². The fraction of sp³-hybridized carbons (Fsp3) is 0.438. The number of aryl methyl sites for hydroxylation is 1. The van der Waals surface area contributed by atoms with Crippen molar-refractivity contribution in [2.24, 2.45) is 13.0 Å². The number of halogens is 3. The van der Waals surface area contributed by atoms with Crippen molar-refractivity contribution >= 4 is 5.91 Å². The zero-order valence-corrected chi connectivity index (χ0v) is 13.5. The molecule has 1 aromatic carbocycles. The summed E-state index contributed by atoms with van der Waals surface area (Å²) >= 11 is 0. The van der Waals surface area contributed by atoms with E-state index >= 15 is 0 Å². The van der Waals surface area contributed by atoms with E-state index in [1.165, 1.54) is 12.1 Å². The van der Waals surface area contributed by atoms with Crippen molar-refractivity contribution in [2.45, 2.75) is 32.5 Å². The number of hydrogen-bond acceptors (Lipinski definition) is 3. The van der Waals surface area contributed by atoms with Gasteiger partial charge in [0.1, 0.15) is 6.33 Å². The van der Waals surface area contributed by atoms with Gasteiger partial charge in [-0.3, -0.25) is 9.48 Å². The third kappa shape index (κ3) is 4.81. The number of aromatic nitrogens is 3. The lowest BCUT2D eigenvalue weighted by Gasteiger charge is -2.15. The quantitative estimate of drug-likeness (QED) is 0.880. The van der Waals surface area contributed by atoms with Gasteiger partial charge in [-0.25, -0.2) is 4.98 Å². The third-order valence-electron chi connectivity index (χ3n) is 3.69. The van der Waals surface area contributed by atoms with Gasteiger partial charge in [-0.05, 0) is 30.5 Å². The monoisotopic (exact) mass is 340 g/mol. The molecular weight excluding hydrogens is 321 g/mol. The van der Waals surface area contributed by atoms with Gasteiger partial charge in [0.25, 0.3) is 0 Å². The van der Waals surface area contributed by atoms with E-state index in [0.29, 0.717) is 24.2 Å². The first-order valence-corrected chi connectivity index (χ1v) is 7.58. The van der Waals surface area contributed by atoms with E-state index in [4.69, 9.17) is 0 Å². The number of nitrogens with zero attached hydrogens (tertiary/aromatic N) is 3.